The van der Waals surface area contributed by atoms with Crippen LogP contribution in [0.3, 0.4) is 0 Å². The second-order valence-electron chi connectivity index (χ2n) is 7.88. The van der Waals surface area contributed by atoms with Crippen LogP contribution in [0.1, 0.15) is 33.5 Å². The van der Waals surface area contributed by atoms with Gasteiger partial charge >= 0.3 is 0 Å². The van der Waals surface area contributed by atoms with Crippen LogP contribution in [0.25, 0.3) is 10.2 Å². The van der Waals surface area contributed by atoms with Crippen molar-refractivity contribution in [2.75, 3.05) is 12.0 Å². The second-order valence-corrected chi connectivity index (χ2v) is 9.32. The minimum atomic E-state index is -0.894. The Morgan fingerprint density at radius 2 is 1.91 bits per heavy atom. The zero-order chi connectivity index (χ0) is 24.1. The van der Waals surface area contributed by atoms with E-state index >= 15 is 0 Å². The Morgan fingerprint density at radius 3 is 2.56 bits per heavy atom. The first kappa shape index (κ1) is 22.2. The van der Waals surface area contributed by atoms with Crippen molar-refractivity contribution in [3.63, 3.8) is 0 Å². The molecule has 7 nitrogen and oxygen atoms in total. The zero-order valence-electron chi connectivity index (χ0n) is 18.5. The molecule has 0 spiro atoms. The van der Waals surface area contributed by atoms with Crippen molar-refractivity contribution in [3.05, 3.63) is 87.5 Å². The molecule has 4 aromatic rings. The molecule has 2 aromatic carbocycles. The van der Waals surface area contributed by atoms with E-state index in [0.717, 1.165) is 4.70 Å². The molecule has 5 rings (SSSR count). The Bertz CT molecular complexity index is 1480. The average Bonchev–Trinajstić information content (AvgIpc) is 3.46. The van der Waals surface area contributed by atoms with E-state index < -0.39 is 23.5 Å². The first-order chi connectivity index (χ1) is 16.3. The maximum absolute atomic E-state index is 13.6. The number of hydrogen-bond donors (Lipinski definition) is 1. The summed E-state index contributed by atoms with van der Waals surface area (Å²) >= 11 is 7.35. The van der Waals surface area contributed by atoms with Gasteiger partial charge in [-0.15, -0.1) is 0 Å². The van der Waals surface area contributed by atoms with Crippen LogP contribution < -0.4 is 9.64 Å². The van der Waals surface area contributed by atoms with E-state index in [4.69, 9.17) is 20.8 Å². The summed E-state index contributed by atoms with van der Waals surface area (Å²) in [5, 5.41) is 11.8. The van der Waals surface area contributed by atoms with Crippen LogP contribution in [-0.2, 0) is 4.79 Å². The van der Waals surface area contributed by atoms with Crippen molar-refractivity contribution in [1.29, 1.82) is 0 Å². The normalized spacial score (nSPS) is 16.1. The monoisotopic (exact) mass is 494 g/mol. The highest BCUT2D eigenvalue weighted by atomic mass is 35.5. The quantitative estimate of drug-likeness (QED) is 0.344. The number of Topliss-reactive ketones (excluding diaryl/α,β-unsaturated/α-hetero) is 1. The molecule has 1 N–H and O–H groups in total. The molecule has 34 heavy (non-hydrogen) atoms. The van der Waals surface area contributed by atoms with Crippen molar-refractivity contribution in [2.24, 2.45) is 0 Å². The summed E-state index contributed by atoms with van der Waals surface area (Å²) in [7, 11) is 1.57. The van der Waals surface area contributed by atoms with Crippen LogP contribution in [0.15, 0.2) is 64.3 Å². The van der Waals surface area contributed by atoms with Crippen molar-refractivity contribution in [3.8, 4) is 5.75 Å². The number of fused-ring (bicyclic) bond motifs is 1. The molecule has 1 amide bonds. The number of aliphatic hydroxyl groups excluding tert-OH is 1. The molecule has 0 aliphatic carbocycles. The Morgan fingerprint density at radius 1 is 1.18 bits per heavy atom. The summed E-state index contributed by atoms with van der Waals surface area (Å²) in [6, 6.07) is 12.9. The van der Waals surface area contributed by atoms with Gasteiger partial charge in [-0.3, -0.25) is 14.5 Å². The van der Waals surface area contributed by atoms with Crippen molar-refractivity contribution in [1.82, 2.24) is 4.98 Å². The fraction of sp³-hybridized carbons (Fsp3) is 0.160. The minimum absolute atomic E-state index is 0.0342. The van der Waals surface area contributed by atoms with Crippen molar-refractivity contribution >= 4 is 50.0 Å². The van der Waals surface area contributed by atoms with E-state index in [1.807, 2.05) is 6.07 Å². The summed E-state index contributed by atoms with van der Waals surface area (Å²) in [5.41, 5.74) is 1.54. The van der Waals surface area contributed by atoms with E-state index in [0.29, 0.717) is 44.1 Å². The number of halogens is 1. The lowest BCUT2D eigenvalue weighted by atomic mass is 9.93. The molecule has 3 heterocycles. The Hall–Kier alpha value is -3.62. The van der Waals surface area contributed by atoms with Gasteiger partial charge in [-0.25, -0.2) is 4.98 Å². The number of rotatable bonds is 5. The number of furan rings is 1. The number of aliphatic hydroxyl groups is 1. The number of nitrogens with zero attached hydrogens (tertiary/aromatic N) is 2. The van der Waals surface area contributed by atoms with Gasteiger partial charge in [0.25, 0.3) is 5.91 Å². The van der Waals surface area contributed by atoms with Gasteiger partial charge < -0.3 is 14.3 Å². The van der Waals surface area contributed by atoms with Gasteiger partial charge in [-0.1, -0.05) is 35.1 Å². The molecular formula is C25H19ClN2O5S. The second kappa shape index (κ2) is 8.30. The van der Waals surface area contributed by atoms with Crippen LogP contribution in [-0.4, -0.2) is 28.9 Å². The summed E-state index contributed by atoms with van der Waals surface area (Å²) in [4.78, 5) is 32.9. The van der Waals surface area contributed by atoms with Crippen LogP contribution in [0.5, 0.6) is 5.75 Å². The predicted molar refractivity (Wildman–Crippen MR) is 130 cm³/mol. The molecule has 0 radical (unpaired) electrons. The molecule has 1 unspecified atom stereocenters. The minimum Gasteiger partial charge on any atom is -0.503 e. The number of ketones is 1. The third-order valence-electron chi connectivity index (χ3n) is 5.71. The standard InChI is InChI=1S/C25H19ClN2O5S/c1-12-10-17(13(2)33-12)22(29)20-21(14-4-6-15(26)7-5-14)28(24(31)23(20)30)25-27-18-9-8-16(32-3)11-19(18)34-25/h4-11,21,30H,1-3H3. The molecule has 1 aliphatic rings. The van der Waals surface area contributed by atoms with E-state index in [1.165, 1.54) is 16.2 Å². The molecule has 172 valence electrons. The largest absolute Gasteiger partial charge is 0.503 e. The Kier molecular flexibility index (Phi) is 5.42. The molecule has 1 aliphatic heterocycles. The lowest BCUT2D eigenvalue weighted by molar-refractivity contribution is -0.117. The molecule has 0 saturated carbocycles. The summed E-state index contributed by atoms with van der Waals surface area (Å²) in [6.07, 6.45) is 0. The predicted octanol–water partition coefficient (Wildman–Crippen LogP) is 5.95. The van der Waals surface area contributed by atoms with Gasteiger partial charge in [-0.05, 0) is 55.8 Å². The number of carbonyl (C=O) groups excluding carboxylic acids is 2. The number of carbonyl (C=O) groups is 2. The van der Waals surface area contributed by atoms with Crippen LogP contribution in [0.2, 0.25) is 5.02 Å². The smallest absolute Gasteiger partial charge is 0.296 e. The van der Waals surface area contributed by atoms with Crippen molar-refractivity contribution in [2.45, 2.75) is 19.9 Å². The number of ether oxygens (including phenoxy) is 1. The van der Waals surface area contributed by atoms with E-state index in [2.05, 4.69) is 4.98 Å². The summed E-state index contributed by atoms with van der Waals surface area (Å²) in [5.74, 6) is -0.161. The molecule has 2 aromatic heterocycles. The van der Waals surface area contributed by atoms with Gasteiger partial charge in [0.05, 0.1) is 34.5 Å². The molecule has 0 bridgehead atoms. The number of methoxy groups -OCH3 is 1. The average molecular weight is 495 g/mol. The number of aryl methyl sites for hydroxylation is 2. The lowest BCUT2D eigenvalue weighted by Gasteiger charge is -2.24. The molecule has 0 saturated heterocycles. The van der Waals surface area contributed by atoms with E-state index in [9.17, 15) is 14.7 Å². The fourth-order valence-electron chi connectivity index (χ4n) is 4.12. The van der Waals surface area contributed by atoms with Crippen molar-refractivity contribution < 1.29 is 23.8 Å². The SMILES string of the molecule is COc1ccc2nc(N3C(=O)C(O)=C(C(=O)c4cc(C)oc4C)C3c3ccc(Cl)cc3)sc2c1. The molecule has 9 heteroatoms. The highest BCUT2D eigenvalue weighted by molar-refractivity contribution is 7.22. The molecule has 0 fully saturated rings. The van der Waals surface area contributed by atoms with Gasteiger partial charge in [-0.2, -0.15) is 0 Å². The Labute approximate surface area is 203 Å². The lowest BCUT2D eigenvalue weighted by Crippen LogP contribution is -2.31. The van der Waals surface area contributed by atoms with Gasteiger partial charge in [0.2, 0.25) is 0 Å². The van der Waals surface area contributed by atoms with Crippen LogP contribution in [0.4, 0.5) is 5.13 Å². The summed E-state index contributed by atoms with van der Waals surface area (Å²) in [6.45, 7) is 3.40. The van der Waals surface area contributed by atoms with Gasteiger partial charge in [0, 0.05) is 5.02 Å². The van der Waals surface area contributed by atoms with E-state index in [1.54, 1.807) is 63.4 Å². The molecular weight excluding hydrogens is 476 g/mol. The number of benzene rings is 2. The number of aromatic nitrogens is 1. The van der Waals surface area contributed by atoms with Crippen LogP contribution >= 0.6 is 22.9 Å². The fourth-order valence-corrected chi connectivity index (χ4v) is 5.27. The number of amides is 1. The maximum Gasteiger partial charge on any atom is 0.296 e. The number of anilines is 1. The van der Waals surface area contributed by atoms with Crippen LogP contribution in [0, 0.1) is 13.8 Å². The molecule has 1 atom stereocenters. The first-order valence-corrected chi connectivity index (χ1v) is 11.6. The maximum atomic E-state index is 13.6. The zero-order valence-corrected chi connectivity index (χ0v) is 20.0. The first-order valence-electron chi connectivity index (χ1n) is 10.4. The highest BCUT2D eigenvalue weighted by Gasteiger charge is 2.46. The number of thiazole rings is 1. The third-order valence-corrected chi connectivity index (χ3v) is 6.98. The topological polar surface area (TPSA) is 92.9 Å². The summed E-state index contributed by atoms with van der Waals surface area (Å²) < 4.78 is 11.6. The van der Waals surface area contributed by atoms with E-state index in [-0.39, 0.29) is 5.57 Å². The van der Waals surface area contributed by atoms with Gasteiger partial charge in [0.15, 0.2) is 16.7 Å². The third kappa shape index (κ3) is 3.55. The Balaban J connectivity index is 1.67. The number of hydrogen-bond acceptors (Lipinski definition) is 7. The van der Waals surface area contributed by atoms with Gasteiger partial charge in [0.1, 0.15) is 17.3 Å². The highest BCUT2D eigenvalue weighted by Crippen LogP contribution is 2.45.